The number of carbonyl (C=O) groups excluding carboxylic acids is 3. The summed E-state index contributed by atoms with van der Waals surface area (Å²) in [5, 5.41) is 11.0. The standard InChI is InChI=1S/C25H20F2N2O5S/c1-4-34-24(33)22-13(3)28-25(35-22)29-19(15-7-5-6-8-16(15)26)18(21(31)23(29)32)20(30)14-10-9-12(2)17(27)11-14/h5-11,19,30H,4H2,1-3H3/t19-/m0/s1. The van der Waals surface area contributed by atoms with Crippen LogP contribution in [-0.2, 0) is 14.3 Å². The number of aliphatic hydroxyl groups excluding tert-OH is 1. The third-order valence-corrected chi connectivity index (χ3v) is 6.68. The molecular formula is C25H20F2N2O5S. The normalized spacial score (nSPS) is 17.2. The summed E-state index contributed by atoms with van der Waals surface area (Å²) < 4.78 is 34.2. The third-order valence-electron chi connectivity index (χ3n) is 5.54. The van der Waals surface area contributed by atoms with Gasteiger partial charge in [-0.25, -0.2) is 18.6 Å². The van der Waals surface area contributed by atoms with Crippen LogP contribution in [0, 0.1) is 25.5 Å². The van der Waals surface area contributed by atoms with Crippen molar-refractivity contribution in [3.8, 4) is 0 Å². The largest absolute Gasteiger partial charge is 0.507 e. The van der Waals surface area contributed by atoms with Gasteiger partial charge in [-0.05, 0) is 38.5 Å². The zero-order chi connectivity index (χ0) is 25.4. The molecule has 1 amide bonds. The molecule has 1 aromatic heterocycles. The van der Waals surface area contributed by atoms with Crippen molar-refractivity contribution in [2.24, 2.45) is 0 Å². The number of aryl methyl sites for hydroxylation is 2. The SMILES string of the molecule is CCOC(=O)c1sc(N2C(=O)C(=O)C(=C(O)c3ccc(C)c(F)c3)[C@@H]2c2ccccc2F)nc1C. The van der Waals surface area contributed by atoms with Crippen molar-refractivity contribution >= 4 is 39.9 Å². The van der Waals surface area contributed by atoms with Gasteiger partial charge in [-0.3, -0.25) is 14.5 Å². The van der Waals surface area contributed by atoms with Crippen LogP contribution in [-0.4, -0.2) is 34.4 Å². The zero-order valence-electron chi connectivity index (χ0n) is 19.0. The van der Waals surface area contributed by atoms with Gasteiger partial charge < -0.3 is 9.84 Å². The molecule has 1 saturated heterocycles. The number of hydrogen-bond acceptors (Lipinski definition) is 7. The number of nitrogens with zero attached hydrogens (tertiary/aromatic N) is 2. The Bertz CT molecular complexity index is 1400. The van der Waals surface area contributed by atoms with Gasteiger partial charge in [-0.1, -0.05) is 41.7 Å². The minimum absolute atomic E-state index is 0.0463. The van der Waals surface area contributed by atoms with Gasteiger partial charge in [0.05, 0.1) is 17.9 Å². The van der Waals surface area contributed by atoms with Crippen molar-refractivity contribution in [2.45, 2.75) is 26.8 Å². The first-order valence-electron chi connectivity index (χ1n) is 10.6. The van der Waals surface area contributed by atoms with E-state index >= 15 is 0 Å². The number of anilines is 1. The highest BCUT2D eigenvalue weighted by molar-refractivity contribution is 7.17. The van der Waals surface area contributed by atoms with Crippen LogP contribution in [0.3, 0.4) is 0 Å². The van der Waals surface area contributed by atoms with Gasteiger partial charge in [0.15, 0.2) is 5.13 Å². The first kappa shape index (κ1) is 24.2. The van der Waals surface area contributed by atoms with E-state index in [-0.39, 0.29) is 33.4 Å². The highest BCUT2D eigenvalue weighted by Gasteiger charge is 2.49. The summed E-state index contributed by atoms with van der Waals surface area (Å²) in [5.74, 6) is -4.83. The lowest BCUT2D eigenvalue weighted by Crippen LogP contribution is -2.29. The lowest BCUT2D eigenvalue weighted by atomic mass is 9.94. The number of amides is 1. The van der Waals surface area contributed by atoms with E-state index in [0.717, 1.165) is 28.4 Å². The van der Waals surface area contributed by atoms with Gasteiger partial charge in [0, 0.05) is 11.1 Å². The van der Waals surface area contributed by atoms with Crippen molar-refractivity contribution in [1.82, 2.24) is 4.98 Å². The molecule has 0 radical (unpaired) electrons. The van der Waals surface area contributed by atoms with E-state index in [2.05, 4.69) is 4.98 Å². The molecule has 1 fully saturated rings. The molecule has 0 spiro atoms. The zero-order valence-corrected chi connectivity index (χ0v) is 19.8. The Morgan fingerprint density at radius 3 is 2.51 bits per heavy atom. The highest BCUT2D eigenvalue weighted by Crippen LogP contribution is 2.44. The van der Waals surface area contributed by atoms with Crippen LogP contribution < -0.4 is 4.90 Å². The van der Waals surface area contributed by atoms with E-state index in [1.54, 1.807) is 6.92 Å². The Labute approximate surface area is 203 Å². The van der Waals surface area contributed by atoms with E-state index in [1.807, 2.05) is 0 Å². The second kappa shape index (κ2) is 9.38. The van der Waals surface area contributed by atoms with E-state index in [1.165, 1.54) is 44.2 Å². The molecule has 1 N–H and O–H groups in total. The first-order valence-corrected chi connectivity index (χ1v) is 11.4. The molecule has 0 bridgehead atoms. The second-order valence-corrected chi connectivity index (χ2v) is 8.76. The minimum atomic E-state index is -1.40. The van der Waals surface area contributed by atoms with Crippen LogP contribution in [0.15, 0.2) is 48.0 Å². The molecule has 2 heterocycles. The van der Waals surface area contributed by atoms with E-state index < -0.39 is 46.7 Å². The number of hydrogen-bond donors (Lipinski definition) is 1. The Hall–Kier alpha value is -3.92. The van der Waals surface area contributed by atoms with Gasteiger partial charge in [0.25, 0.3) is 5.78 Å². The summed E-state index contributed by atoms with van der Waals surface area (Å²) in [6.07, 6.45) is 0. The summed E-state index contributed by atoms with van der Waals surface area (Å²) in [6.45, 7) is 4.83. The van der Waals surface area contributed by atoms with Crippen LogP contribution in [0.2, 0.25) is 0 Å². The maximum absolute atomic E-state index is 14.9. The molecule has 1 aliphatic heterocycles. The average molecular weight is 499 g/mol. The third kappa shape index (κ3) is 4.21. The number of Topliss-reactive ketones (excluding diaryl/α,β-unsaturated/α-hetero) is 1. The maximum atomic E-state index is 14.9. The van der Waals surface area contributed by atoms with Crippen LogP contribution in [0.5, 0.6) is 0 Å². The van der Waals surface area contributed by atoms with Crippen molar-refractivity contribution in [3.05, 3.63) is 86.9 Å². The highest BCUT2D eigenvalue weighted by atomic mass is 32.1. The number of ketones is 1. The number of benzene rings is 2. The van der Waals surface area contributed by atoms with Crippen LogP contribution >= 0.6 is 11.3 Å². The number of carbonyl (C=O) groups is 3. The molecule has 7 nitrogen and oxygen atoms in total. The number of aromatic nitrogens is 1. The van der Waals surface area contributed by atoms with E-state index in [4.69, 9.17) is 4.74 Å². The van der Waals surface area contributed by atoms with Gasteiger partial charge in [-0.15, -0.1) is 0 Å². The topological polar surface area (TPSA) is 96.8 Å². The molecule has 3 aromatic rings. The number of halogens is 2. The molecule has 180 valence electrons. The van der Waals surface area contributed by atoms with E-state index in [9.17, 15) is 28.3 Å². The van der Waals surface area contributed by atoms with E-state index in [0.29, 0.717) is 5.56 Å². The summed E-state index contributed by atoms with van der Waals surface area (Å²) in [6, 6.07) is 7.91. The number of aliphatic hydroxyl groups is 1. The molecule has 0 saturated carbocycles. The summed E-state index contributed by atoms with van der Waals surface area (Å²) >= 11 is 0.809. The number of rotatable bonds is 5. The van der Waals surface area contributed by atoms with Crippen molar-refractivity contribution < 1.29 is 33.0 Å². The van der Waals surface area contributed by atoms with Gasteiger partial charge in [0.1, 0.15) is 28.3 Å². The predicted octanol–water partition coefficient (Wildman–Crippen LogP) is 4.84. The fourth-order valence-corrected chi connectivity index (χ4v) is 4.78. The Morgan fingerprint density at radius 2 is 1.86 bits per heavy atom. The average Bonchev–Trinajstić information content (AvgIpc) is 3.32. The van der Waals surface area contributed by atoms with Crippen molar-refractivity contribution in [2.75, 3.05) is 11.5 Å². The Balaban J connectivity index is 1.94. The number of ether oxygens (including phenoxy) is 1. The molecular weight excluding hydrogens is 478 g/mol. The van der Waals surface area contributed by atoms with Crippen LogP contribution in [0.4, 0.5) is 13.9 Å². The first-order chi connectivity index (χ1) is 16.6. The molecule has 1 aliphatic rings. The lowest BCUT2D eigenvalue weighted by molar-refractivity contribution is -0.132. The molecule has 0 aliphatic carbocycles. The second-order valence-electron chi connectivity index (χ2n) is 7.79. The van der Waals surface area contributed by atoms with Gasteiger partial charge in [-0.2, -0.15) is 0 Å². The minimum Gasteiger partial charge on any atom is -0.507 e. The maximum Gasteiger partial charge on any atom is 0.350 e. The lowest BCUT2D eigenvalue weighted by Gasteiger charge is -2.23. The summed E-state index contributed by atoms with van der Waals surface area (Å²) in [4.78, 5) is 43.9. The Morgan fingerprint density at radius 1 is 1.14 bits per heavy atom. The number of esters is 1. The van der Waals surface area contributed by atoms with Crippen LogP contribution in [0.25, 0.3) is 5.76 Å². The van der Waals surface area contributed by atoms with Gasteiger partial charge >= 0.3 is 11.9 Å². The summed E-state index contributed by atoms with van der Waals surface area (Å²) in [7, 11) is 0. The molecule has 0 unspecified atom stereocenters. The van der Waals surface area contributed by atoms with Crippen molar-refractivity contribution in [3.63, 3.8) is 0 Å². The molecule has 35 heavy (non-hydrogen) atoms. The Kier molecular flexibility index (Phi) is 6.49. The fourth-order valence-electron chi connectivity index (χ4n) is 3.79. The van der Waals surface area contributed by atoms with Crippen molar-refractivity contribution in [1.29, 1.82) is 0 Å². The number of thiazole rings is 1. The summed E-state index contributed by atoms with van der Waals surface area (Å²) in [5.41, 5.74) is 0.0332. The fraction of sp³-hybridized carbons (Fsp3) is 0.200. The predicted molar refractivity (Wildman–Crippen MR) is 125 cm³/mol. The van der Waals surface area contributed by atoms with Crippen LogP contribution in [0.1, 0.15) is 45.0 Å². The van der Waals surface area contributed by atoms with Gasteiger partial charge in [0.2, 0.25) is 0 Å². The monoisotopic (exact) mass is 498 g/mol. The quantitative estimate of drug-likeness (QED) is 0.234. The smallest absolute Gasteiger partial charge is 0.350 e. The molecule has 4 rings (SSSR count). The molecule has 1 atom stereocenters. The molecule has 10 heteroatoms. The molecule has 2 aromatic carbocycles.